The van der Waals surface area contributed by atoms with E-state index in [0.29, 0.717) is 23.9 Å². The summed E-state index contributed by atoms with van der Waals surface area (Å²) < 4.78 is 7.25. The molecular weight excluding hydrogens is 306 g/mol. The second-order valence-corrected chi connectivity index (χ2v) is 5.14. The highest BCUT2D eigenvalue weighted by molar-refractivity contribution is 5.99. The number of nitrogens with one attached hydrogen (secondary N) is 2. The number of anilines is 2. The first-order valence-electron chi connectivity index (χ1n) is 7.38. The van der Waals surface area contributed by atoms with Crippen LogP contribution in [0.2, 0.25) is 0 Å². The minimum absolute atomic E-state index is 0.358. The molecule has 2 heterocycles. The van der Waals surface area contributed by atoms with Crippen LogP contribution in [0.1, 0.15) is 5.56 Å². The molecule has 2 aromatic heterocycles. The largest absolute Gasteiger partial charge is 0.473 e. The Labute approximate surface area is 139 Å². The van der Waals surface area contributed by atoms with Crippen molar-refractivity contribution in [3.8, 4) is 5.88 Å². The van der Waals surface area contributed by atoms with Crippen LogP contribution in [0.25, 0.3) is 0 Å². The Morgan fingerprint density at radius 3 is 2.71 bits per heavy atom. The van der Waals surface area contributed by atoms with E-state index in [1.165, 1.54) is 0 Å². The number of nitrogens with zero attached hydrogens (tertiary/aromatic N) is 3. The van der Waals surface area contributed by atoms with Gasteiger partial charge in [-0.3, -0.25) is 4.68 Å². The molecule has 0 aliphatic carbocycles. The predicted molar refractivity (Wildman–Crippen MR) is 90.9 cm³/mol. The number of ether oxygens (including phenoxy) is 1. The number of hydrogen-bond donors (Lipinski definition) is 2. The summed E-state index contributed by atoms with van der Waals surface area (Å²) >= 11 is 0. The van der Waals surface area contributed by atoms with Gasteiger partial charge in [0.2, 0.25) is 5.88 Å². The van der Waals surface area contributed by atoms with Gasteiger partial charge in [-0.25, -0.2) is 9.78 Å². The minimum atomic E-state index is -0.358. The van der Waals surface area contributed by atoms with E-state index in [4.69, 9.17) is 4.74 Å². The van der Waals surface area contributed by atoms with Crippen molar-refractivity contribution in [1.82, 2.24) is 14.8 Å². The third-order valence-corrected chi connectivity index (χ3v) is 3.19. The molecule has 0 radical (unpaired) electrons. The van der Waals surface area contributed by atoms with Crippen molar-refractivity contribution in [2.75, 3.05) is 10.6 Å². The first kappa shape index (κ1) is 15.5. The number of pyridine rings is 1. The molecule has 2 N–H and O–H groups in total. The Morgan fingerprint density at radius 2 is 1.96 bits per heavy atom. The SMILES string of the molecule is Cn1cc(NC(=O)Nc2ccnc(OCc3ccccc3)c2)cn1. The van der Waals surface area contributed by atoms with Crippen LogP contribution in [0.15, 0.2) is 61.1 Å². The van der Waals surface area contributed by atoms with Crippen LogP contribution in [0.4, 0.5) is 16.2 Å². The van der Waals surface area contributed by atoms with E-state index in [1.54, 1.807) is 42.5 Å². The van der Waals surface area contributed by atoms with E-state index in [0.717, 1.165) is 5.56 Å². The van der Waals surface area contributed by atoms with Gasteiger partial charge in [-0.05, 0) is 11.6 Å². The number of aromatic nitrogens is 3. The number of urea groups is 1. The Kier molecular flexibility index (Phi) is 4.71. The Bertz CT molecular complexity index is 817. The summed E-state index contributed by atoms with van der Waals surface area (Å²) in [5, 5.41) is 9.41. The van der Waals surface area contributed by atoms with Crippen molar-refractivity contribution in [1.29, 1.82) is 0 Å². The van der Waals surface area contributed by atoms with Crippen molar-refractivity contribution < 1.29 is 9.53 Å². The van der Waals surface area contributed by atoms with Crippen molar-refractivity contribution >= 4 is 17.4 Å². The highest BCUT2D eigenvalue weighted by Gasteiger charge is 2.06. The van der Waals surface area contributed by atoms with E-state index in [1.807, 2.05) is 30.3 Å². The van der Waals surface area contributed by atoms with E-state index in [-0.39, 0.29) is 6.03 Å². The van der Waals surface area contributed by atoms with E-state index >= 15 is 0 Å². The first-order chi connectivity index (χ1) is 11.7. The maximum atomic E-state index is 12.0. The average Bonchev–Trinajstić information content (AvgIpc) is 2.99. The van der Waals surface area contributed by atoms with Crippen molar-refractivity contribution in [2.45, 2.75) is 6.61 Å². The van der Waals surface area contributed by atoms with Gasteiger partial charge in [-0.1, -0.05) is 30.3 Å². The van der Waals surface area contributed by atoms with Crippen LogP contribution in [0, 0.1) is 0 Å². The smallest absolute Gasteiger partial charge is 0.323 e. The summed E-state index contributed by atoms with van der Waals surface area (Å²) in [6, 6.07) is 12.8. The molecule has 0 saturated carbocycles. The monoisotopic (exact) mass is 323 g/mol. The molecule has 2 amide bonds. The van der Waals surface area contributed by atoms with Gasteiger partial charge < -0.3 is 15.4 Å². The lowest BCUT2D eigenvalue weighted by atomic mass is 10.2. The van der Waals surface area contributed by atoms with Crippen LogP contribution in [-0.4, -0.2) is 20.8 Å². The third-order valence-electron chi connectivity index (χ3n) is 3.19. The number of amides is 2. The van der Waals surface area contributed by atoms with Crippen LogP contribution in [-0.2, 0) is 13.7 Å². The molecule has 7 heteroatoms. The van der Waals surface area contributed by atoms with Gasteiger partial charge in [0.05, 0.1) is 11.9 Å². The predicted octanol–water partition coefficient (Wildman–Crippen LogP) is 3.04. The fraction of sp³-hybridized carbons (Fsp3) is 0.118. The molecule has 122 valence electrons. The molecule has 0 aliphatic rings. The molecule has 0 unspecified atom stereocenters. The standard InChI is InChI=1S/C17H17N5O2/c1-22-11-15(10-19-22)21-17(23)20-14-7-8-18-16(9-14)24-12-13-5-3-2-4-6-13/h2-11H,12H2,1H3,(H2,18,20,21,23). The van der Waals surface area contributed by atoms with Gasteiger partial charge in [0.25, 0.3) is 0 Å². The molecule has 3 rings (SSSR count). The lowest BCUT2D eigenvalue weighted by molar-refractivity contribution is 0.262. The van der Waals surface area contributed by atoms with Crippen LogP contribution < -0.4 is 15.4 Å². The number of carbonyl (C=O) groups is 1. The summed E-state index contributed by atoms with van der Waals surface area (Å²) in [6.45, 7) is 0.416. The number of rotatable bonds is 5. The molecular formula is C17H17N5O2. The van der Waals surface area contributed by atoms with Crippen molar-refractivity contribution in [3.05, 3.63) is 66.6 Å². The van der Waals surface area contributed by atoms with Gasteiger partial charge in [0.1, 0.15) is 6.61 Å². The van der Waals surface area contributed by atoms with Crippen LogP contribution in [0.3, 0.4) is 0 Å². The van der Waals surface area contributed by atoms with Gasteiger partial charge in [-0.15, -0.1) is 0 Å². The van der Waals surface area contributed by atoms with Gasteiger partial charge >= 0.3 is 6.03 Å². The number of benzene rings is 1. The van der Waals surface area contributed by atoms with Crippen LogP contribution in [0.5, 0.6) is 5.88 Å². The molecule has 1 aromatic carbocycles. The van der Waals surface area contributed by atoms with E-state index in [9.17, 15) is 4.79 Å². The minimum Gasteiger partial charge on any atom is -0.473 e. The summed E-state index contributed by atoms with van der Waals surface area (Å²) in [4.78, 5) is 16.1. The lowest BCUT2D eigenvalue weighted by Gasteiger charge is -2.08. The average molecular weight is 323 g/mol. The van der Waals surface area contributed by atoms with Crippen LogP contribution >= 0.6 is 0 Å². The topological polar surface area (TPSA) is 81.1 Å². The lowest BCUT2D eigenvalue weighted by Crippen LogP contribution is -2.19. The quantitative estimate of drug-likeness (QED) is 0.756. The second kappa shape index (κ2) is 7.28. The molecule has 24 heavy (non-hydrogen) atoms. The second-order valence-electron chi connectivity index (χ2n) is 5.14. The van der Waals surface area contributed by atoms with Gasteiger partial charge in [0.15, 0.2) is 0 Å². The molecule has 0 bridgehead atoms. The first-order valence-corrected chi connectivity index (χ1v) is 7.38. The van der Waals surface area contributed by atoms with Gasteiger partial charge in [-0.2, -0.15) is 5.10 Å². The summed E-state index contributed by atoms with van der Waals surface area (Å²) in [5.41, 5.74) is 2.26. The van der Waals surface area contributed by atoms with Crippen molar-refractivity contribution in [3.63, 3.8) is 0 Å². The van der Waals surface area contributed by atoms with Gasteiger partial charge in [0, 0.05) is 31.2 Å². The number of carbonyl (C=O) groups excluding carboxylic acids is 1. The maximum absolute atomic E-state index is 12.0. The molecule has 0 fully saturated rings. The third kappa shape index (κ3) is 4.33. The Hall–Kier alpha value is -3.35. The highest BCUT2D eigenvalue weighted by atomic mass is 16.5. The summed E-state index contributed by atoms with van der Waals surface area (Å²) in [5.74, 6) is 0.443. The molecule has 0 saturated heterocycles. The zero-order valence-electron chi connectivity index (χ0n) is 13.1. The summed E-state index contributed by atoms with van der Waals surface area (Å²) in [6.07, 6.45) is 4.86. The van der Waals surface area contributed by atoms with E-state index in [2.05, 4.69) is 20.7 Å². The van der Waals surface area contributed by atoms with Crippen molar-refractivity contribution in [2.24, 2.45) is 7.05 Å². The van der Waals surface area contributed by atoms with E-state index < -0.39 is 0 Å². The zero-order chi connectivity index (χ0) is 16.8. The zero-order valence-corrected chi connectivity index (χ0v) is 13.1. The molecule has 0 atom stereocenters. The fourth-order valence-electron chi connectivity index (χ4n) is 2.08. The fourth-order valence-corrected chi connectivity index (χ4v) is 2.08. The normalized spacial score (nSPS) is 10.2. The molecule has 0 aliphatic heterocycles. The Balaban J connectivity index is 1.57. The number of hydrogen-bond acceptors (Lipinski definition) is 4. The Morgan fingerprint density at radius 1 is 1.17 bits per heavy atom. The highest BCUT2D eigenvalue weighted by Crippen LogP contribution is 2.16. The number of aryl methyl sites for hydroxylation is 1. The molecule has 0 spiro atoms. The maximum Gasteiger partial charge on any atom is 0.323 e. The molecule has 7 nitrogen and oxygen atoms in total. The molecule has 3 aromatic rings. The summed E-state index contributed by atoms with van der Waals surface area (Å²) in [7, 11) is 1.78.